The third-order valence-electron chi connectivity index (χ3n) is 2.79. The Balaban J connectivity index is 2.05. The molecule has 2 rings (SSSR count). The van der Waals surface area contributed by atoms with Crippen molar-refractivity contribution in [3.63, 3.8) is 0 Å². The van der Waals surface area contributed by atoms with Crippen LogP contribution in [0.25, 0.3) is 0 Å². The monoisotopic (exact) mass is 306 g/mol. The maximum Gasteiger partial charge on any atom is 0.335 e. The highest BCUT2D eigenvalue weighted by Gasteiger charge is 2.15. The number of primary amides is 1. The fraction of sp³-hybridized carbons (Fsp3) is 0.0714. The first kappa shape index (κ1) is 15.2. The van der Waals surface area contributed by atoms with Gasteiger partial charge in [-0.25, -0.2) is 9.18 Å². The Bertz CT molecular complexity index is 753. The van der Waals surface area contributed by atoms with E-state index in [-0.39, 0.29) is 29.2 Å². The maximum atomic E-state index is 13.7. The Labute approximate surface area is 123 Å². The number of carbonyl (C=O) groups excluding carboxylic acids is 2. The number of carboxylic acids is 1. The van der Waals surface area contributed by atoms with E-state index < -0.39 is 23.6 Å². The number of nitrogens with one attached hydrogen (secondary N) is 1. The summed E-state index contributed by atoms with van der Waals surface area (Å²) >= 11 is 0. The number of carbonyl (C=O) groups is 3. The van der Waals surface area contributed by atoms with Crippen LogP contribution in [-0.2, 0) is 6.54 Å². The predicted molar refractivity (Wildman–Crippen MR) is 71.8 cm³/mol. The van der Waals surface area contributed by atoms with Gasteiger partial charge in [0.25, 0.3) is 11.8 Å². The lowest BCUT2D eigenvalue weighted by Crippen LogP contribution is -2.23. The maximum absolute atomic E-state index is 13.7. The van der Waals surface area contributed by atoms with Gasteiger partial charge in [-0.15, -0.1) is 0 Å². The summed E-state index contributed by atoms with van der Waals surface area (Å²) in [4.78, 5) is 33.4. The van der Waals surface area contributed by atoms with Crippen LogP contribution in [0.4, 0.5) is 4.39 Å². The lowest BCUT2D eigenvalue weighted by atomic mass is 10.1. The summed E-state index contributed by atoms with van der Waals surface area (Å²) in [6.07, 6.45) is 0. The second-order valence-corrected chi connectivity index (χ2v) is 4.31. The molecule has 4 N–H and O–H groups in total. The van der Waals surface area contributed by atoms with Gasteiger partial charge in [-0.3, -0.25) is 9.59 Å². The zero-order valence-corrected chi connectivity index (χ0v) is 11.1. The molecule has 0 spiro atoms. The van der Waals surface area contributed by atoms with E-state index in [4.69, 9.17) is 15.3 Å². The molecule has 0 atom stereocenters. The Morgan fingerprint density at radius 2 is 1.95 bits per heavy atom. The lowest BCUT2D eigenvalue weighted by molar-refractivity contribution is 0.0695. The molecule has 2 amide bonds. The Morgan fingerprint density at radius 3 is 2.50 bits per heavy atom. The molecule has 0 aliphatic rings. The number of benzene rings is 1. The van der Waals surface area contributed by atoms with Crippen LogP contribution in [-0.4, -0.2) is 22.9 Å². The Hall–Kier alpha value is -3.16. The van der Waals surface area contributed by atoms with Crippen molar-refractivity contribution < 1.29 is 28.3 Å². The molecular weight excluding hydrogens is 295 g/mol. The molecule has 0 aliphatic heterocycles. The van der Waals surface area contributed by atoms with Gasteiger partial charge in [0.1, 0.15) is 11.6 Å². The van der Waals surface area contributed by atoms with Crippen LogP contribution >= 0.6 is 0 Å². The number of nitrogens with two attached hydrogens (primary N) is 1. The second-order valence-electron chi connectivity index (χ2n) is 4.31. The standard InChI is InChI=1S/C14H11FN2O5/c15-10-5-7(14(20)21)1-3-9(10)13(19)17-6-8-2-4-11(22-8)12(16)18/h1-5H,6H2,(H2,16,18)(H,17,19)(H,20,21). The van der Waals surface area contributed by atoms with Gasteiger partial charge in [-0.2, -0.15) is 0 Å². The molecule has 1 aromatic carbocycles. The van der Waals surface area contributed by atoms with Crippen molar-refractivity contribution in [2.24, 2.45) is 5.73 Å². The highest BCUT2D eigenvalue weighted by molar-refractivity contribution is 5.96. The highest BCUT2D eigenvalue weighted by atomic mass is 19.1. The summed E-state index contributed by atoms with van der Waals surface area (Å²) < 4.78 is 18.7. The van der Waals surface area contributed by atoms with Crippen molar-refractivity contribution in [1.29, 1.82) is 0 Å². The minimum Gasteiger partial charge on any atom is -0.478 e. The van der Waals surface area contributed by atoms with Crippen molar-refractivity contribution in [3.05, 3.63) is 58.8 Å². The normalized spacial score (nSPS) is 10.2. The van der Waals surface area contributed by atoms with Crippen LogP contribution in [0.3, 0.4) is 0 Å². The highest BCUT2D eigenvalue weighted by Crippen LogP contribution is 2.12. The first-order valence-electron chi connectivity index (χ1n) is 6.08. The summed E-state index contributed by atoms with van der Waals surface area (Å²) in [5.41, 5.74) is 4.46. The Kier molecular flexibility index (Phi) is 4.21. The van der Waals surface area contributed by atoms with Crippen molar-refractivity contribution >= 4 is 17.8 Å². The van der Waals surface area contributed by atoms with Crippen LogP contribution in [0, 0.1) is 5.82 Å². The lowest BCUT2D eigenvalue weighted by Gasteiger charge is -2.05. The molecule has 114 valence electrons. The summed E-state index contributed by atoms with van der Waals surface area (Å²) in [6.45, 7) is -0.0771. The number of amides is 2. The molecule has 1 heterocycles. The number of halogens is 1. The van der Waals surface area contributed by atoms with Gasteiger partial charge in [0.2, 0.25) is 0 Å². The zero-order chi connectivity index (χ0) is 16.3. The van der Waals surface area contributed by atoms with Crippen LogP contribution in [0.15, 0.2) is 34.7 Å². The van der Waals surface area contributed by atoms with E-state index in [9.17, 15) is 18.8 Å². The molecule has 1 aromatic heterocycles. The third kappa shape index (κ3) is 3.29. The molecule has 0 unspecified atom stereocenters. The molecule has 0 aliphatic carbocycles. The summed E-state index contributed by atoms with van der Waals surface area (Å²) in [6, 6.07) is 5.76. The predicted octanol–water partition coefficient (Wildman–Crippen LogP) is 1.15. The molecule has 0 radical (unpaired) electrons. The van der Waals surface area contributed by atoms with E-state index in [2.05, 4.69) is 5.32 Å². The summed E-state index contributed by atoms with van der Waals surface area (Å²) in [7, 11) is 0. The molecule has 0 bridgehead atoms. The van der Waals surface area contributed by atoms with Crippen molar-refractivity contribution in [3.8, 4) is 0 Å². The van der Waals surface area contributed by atoms with E-state index >= 15 is 0 Å². The van der Waals surface area contributed by atoms with Gasteiger partial charge in [0.15, 0.2) is 5.76 Å². The Morgan fingerprint density at radius 1 is 1.23 bits per heavy atom. The minimum atomic E-state index is -1.29. The van der Waals surface area contributed by atoms with Gasteiger partial charge in [0, 0.05) is 0 Å². The fourth-order valence-corrected chi connectivity index (χ4v) is 1.70. The van der Waals surface area contributed by atoms with Gasteiger partial charge in [-0.05, 0) is 30.3 Å². The van der Waals surface area contributed by atoms with Crippen LogP contribution in [0.5, 0.6) is 0 Å². The van der Waals surface area contributed by atoms with Crippen molar-refractivity contribution in [2.45, 2.75) is 6.54 Å². The molecule has 0 fully saturated rings. The van der Waals surface area contributed by atoms with Gasteiger partial charge < -0.3 is 20.6 Å². The second kappa shape index (κ2) is 6.08. The average molecular weight is 306 g/mol. The van der Waals surface area contributed by atoms with E-state index in [1.165, 1.54) is 12.1 Å². The van der Waals surface area contributed by atoms with Gasteiger partial charge in [0.05, 0.1) is 17.7 Å². The minimum absolute atomic E-state index is 0.0544. The average Bonchev–Trinajstić information content (AvgIpc) is 2.93. The summed E-state index contributed by atoms with van der Waals surface area (Å²) in [5.74, 6) is -3.51. The number of hydrogen-bond donors (Lipinski definition) is 3. The van der Waals surface area contributed by atoms with Crippen molar-refractivity contribution in [1.82, 2.24) is 5.32 Å². The molecular formula is C14H11FN2O5. The first-order valence-corrected chi connectivity index (χ1v) is 6.08. The van der Waals surface area contributed by atoms with Crippen LogP contribution in [0.2, 0.25) is 0 Å². The van der Waals surface area contributed by atoms with E-state index in [1.54, 1.807) is 0 Å². The first-order chi connectivity index (χ1) is 10.4. The molecule has 0 saturated carbocycles. The SMILES string of the molecule is NC(=O)c1ccc(CNC(=O)c2ccc(C(=O)O)cc2F)o1. The number of aromatic carboxylic acids is 1. The topological polar surface area (TPSA) is 123 Å². The molecule has 0 saturated heterocycles. The number of rotatable bonds is 5. The fourth-order valence-electron chi connectivity index (χ4n) is 1.70. The van der Waals surface area contributed by atoms with E-state index in [1.807, 2.05) is 0 Å². The number of carboxylic acid groups (broad SMARTS) is 1. The van der Waals surface area contributed by atoms with Gasteiger partial charge in [-0.1, -0.05) is 0 Å². The van der Waals surface area contributed by atoms with Crippen LogP contribution < -0.4 is 11.1 Å². The number of hydrogen-bond acceptors (Lipinski definition) is 4. The molecule has 22 heavy (non-hydrogen) atoms. The summed E-state index contributed by atoms with van der Waals surface area (Å²) in [5, 5.41) is 11.1. The molecule has 2 aromatic rings. The van der Waals surface area contributed by atoms with Crippen molar-refractivity contribution in [2.75, 3.05) is 0 Å². The molecule has 8 heteroatoms. The molecule has 7 nitrogen and oxygen atoms in total. The van der Waals surface area contributed by atoms with Crippen LogP contribution in [0.1, 0.15) is 37.0 Å². The quantitative estimate of drug-likeness (QED) is 0.764. The van der Waals surface area contributed by atoms with E-state index in [0.717, 1.165) is 18.2 Å². The largest absolute Gasteiger partial charge is 0.478 e. The third-order valence-corrected chi connectivity index (χ3v) is 2.79. The number of furan rings is 1. The van der Waals surface area contributed by atoms with E-state index in [0.29, 0.717) is 0 Å². The van der Waals surface area contributed by atoms with Gasteiger partial charge >= 0.3 is 5.97 Å². The zero-order valence-electron chi connectivity index (χ0n) is 11.1. The smallest absolute Gasteiger partial charge is 0.335 e.